The number of pyridine rings is 1. The van der Waals surface area contributed by atoms with Crippen LogP contribution in [0, 0.1) is 23.1 Å². The Morgan fingerprint density at radius 2 is 2.17 bits per heavy atom. The van der Waals surface area contributed by atoms with Crippen LogP contribution in [0.4, 0.5) is 8.78 Å². The molecule has 1 saturated carbocycles. The number of nitrogens with zero attached hydrogens (tertiary/aromatic N) is 3. The molecule has 2 N–H and O–H groups in total. The third kappa shape index (κ3) is 3.19. The zero-order chi connectivity index (χ0) is 21.7. The van der Waals surface area contributed by atoms with Crippen molar-refractivity contribution >= 4 is 34.6 Å². The van der Waals surface area contributed by atoms with Crippen LogP contribution in [0.15, 0.2) is 41.5 Å². The van der Waals surface area contributed by atoms with Gasteiger partial charge in [-0.25, -0.2) is 8.78 Å². The van der Waals surface area contributed by atoms with Crippen molar-refractivity contribution in [3.63, 3.8) is 0 Å². The summed E-state index contributed by atoms with van der Waals surface area (Å²) in [5, 5.41) is 9.07. The van der Waals surface area contributed by atoms with E-state index in [1.54, 1.807) is 6.92 Å². The van der Waals surface area contributed by atoms with Gasteiger partial charge in [-0.2, -0.15) is 5.26 Å². The van der Waals surface area contributed by atoms with Crippen LogP contribution < -0.4 is 5.73 Å². The van der Waals surface area contributed by atoms with Gasteiger partial charge in [0.25, 0.3) is 0 Å². The van der Waals surface area contributed by atoms with Gasteiger partial charge in [-0.05, 0) is 56.2 Å². The number of thioether (sulfide) groups is 1. The molecule has 0 radical (unpaired) electrons. The van der Waals surface area contributed by atoms with Gasteiger partial charge in [-0.3, -0.25) is 14.8 Å². The Hall–Kier alpha value is -3.05. The second-order valence-electron chi connectivity index (χ2n) is 7.68. The highest BCUT2D eigenvalue weighted by Gasteiger charge is 2.69. The molecule has 0 unspecified atom stereocenters. The lowest BCUT2D eigenvalue weighted by molar-refractivity contribution is -0.117. The molecule has 1 aromatic carbocycles. The maximum atomic E-state index is 14.8. The lowest BCUT2D eigenvalue weighted by atomic mass is 9.84. The molecule has 1 aliphatic heterocycles. The molecule has 5 nitrogen and oxygen atoms in total. The lowest BCUT2D eigenvalue weighted by Gasteiger charge is -2.33. The summed E-state index contributed by atoms with van der Waals surface area (Å²) in [4.78, 5) is 20.6. The Morgan fingerprint density at radius 3 is 2.80 bits per heavy atom. The van der Waals surface area contributed by atoms with E-state index < -0.39 is 21.9 Å². The van der Waals surface area contributed by atoms with Crippen molar-refractivity contribution in [1.29, 1.82) is 5.26 Å². The number of hydrogen-bond donors (Lipinski definition) is 1. The molecule has 4 rings (SSSR count). The molecule has 8 heteroatoms. The maximum Gasteiger partial charge on any atom is 0.155 e. The SMILES string of the molecule is CC(=O)[C@]12C[C@H]1[C@@](C)(c1cc(/C=C(\F)c3ccc(C#N)cn3)ccc1F)N=C(N)S2. The number of ketones is 1. The summed E-state index contributed by atoms with van der Waals surface area (Å²) in [7, 11) is 0. The average molecular weight is 424 g/mol. The second kappa shape index (κ2) is 7.03. The number of Topliss-reactive ketones (excluding diaryl/α,β-unsaturated/α-hetero) is 1. The third-order valence-corrected chi connectivity index (χ3v) is 7.18. The summed E-state index contributed by atoms with van der Waals surface area (Å²) in [6.07, 6.45) is 3.10. The number of fused-ring (bicyclic) bond motifs is 1. The number of aliphatic imine (C=N–C) groups is 1. The standard InChI is InChI=1S/C22H18F2N4OS/c1-12(29)22-9-19(22)21(2,28-20(26)30-22)15-7-13(3-5-16(15)23)8-17(24)18-6-4-14(10-25)11-27-18/h3-8,11,19H,9H2,1-2H3,(H2,26,28)/b17-8-/t19-,21+,22+/m0/s1. The van der Waals surface area contributed by atoms with E-state index >= 15 is 0 Å². The Bertz CT molecular complexity index is 1150. The molecule has 0 amide bonds. The van der Waals surface area contributed by atoms with Gasteiger partial charge in [-0.15, -0.1) is 0 Å². The van der Waals surface area contributed by atoms with E-state index in [1.807, 2.05) is 6.07 Å². The van der Waals surface area contributed by atoms with Crippen molar-refractivity contribution in [2.45, 2.75) is 30.6 Å². The number of halogens is 2. The monoisotopic (exact) mass is 424 g/mol. The first-order valence-corrected chi connectivity index (χ1v) is 10.1. The normalized spacial score (nSPS) is 27.6. The Morgan fingerprint density at radius 1 is 1.40 bits per heavy atom. The maximum absolute atomic E-state index is 14.8. The summed E-state index contributed by atoms with van der Waals surface area (Å²) >= 11 is 1.24. The van der Waals surface area contributed by atoms with Crippen molar-refractivity contribution in [3.05, 3.63) is 64.7 Å². The summed E-state index contributed by atoms with van der Waals surface area (Å²) in [5.41, 5.74) is 6.07. The molecule has 2 heterocycles. The van der Waals surface area contributed by atoms with E-state index in [-0.39, 0.29) is 28.1 Å². The van der Waals surface area contributed by atoms with Crippen molar-refractivity contribution in [2.24, 2.45) is 16.6 Å². The van der Waals surface area contributed by atoms with Crippen molar-refractivity contribution in [2.75, 3.05) is 0 Å². The van der Waals surface area contributed by atoms with E-state index in [0.717, 1.165) is 0 Å². The first-order valence-electron chi connectivity index (χ1n) is 9.29. The van der Waals surface area contributed by atoms with Gasteiger partial charge in [0.2, 0.25) is 0 Å². The molecule has 1 aromatic heterocycles. The molecule has 0 saturated heterocycles. The fourth-order valence-corrected chi connectivity index (χ4v) is 5.45. The predicted octanol–water partition coefficient (Wildman–Crippen LogP) is 4.18. The van der Waals surface area contributed by atoms with Crippen LogP contribution in [0.2, 0.25) is 0 Å². The van der Waals surface area contributed by atoms with Gasteiger partial charge >= 0.3 is 0 Å². The Labute approximate surface area is 176 Å². The van der Waals surface area contributed by atoms with Gasteiger partial charge in [0.15, 0.2) is 5.17 Å². The number of rotatable bonds is 4. The number of amidine groups is 1. The topological polar surface area (TPSA) is 92.1 Å². The third-order valence-electron chi connectivity index (χ3n) is 5.78. The number of carbonyl (C=O) groups is 1. The van der Waals surface area contributed by atoms with Gasteiger partial charge < -0.3 is 5.73 Å². The summed E-state index contributed by atoms with van der Waals surface area (Å²) < 4.78 is 28.8. The van der Waals surface area contributed by atoms with Gasteiger partial charge in [0.05, 0.1) is 21.5 Å². The number of nitrogens with two attached hydrogens (primary N) is 1. The van der Waals surface area contributed by atoms with Crippen LogP contribution in [0.3, 0.4) is 0 Å². The fraction of sp³-hybridized carbons (Fsp3) is 0.273. The van der Waals surface area contributed by atoms with E-state index in [0.29, 0.717) is 17.5 Å². The van der Waals surface area contributed by atoms with Crippen LogP contribution in [0.25, 0.3) is 11.9 Å². The number of aromatic nitrogens is 1. The number of carbonyl (C=O) groups excluding carboxylic acids is 1. The molecule has 0 spiro atoms. The minimum atomic E-state index is -1.02. The zero-order valence-electron chi connectivity index (χ0n) is 16.3. The summed E-state index contributed by atoms with van der Waals surface area (Å²) in [6, 6.07) is 9.06. The minimum absolute atomic E-state index is 0.00373. The number of hydrogen-bond acceptors (Lipinski definition) is 6. The molecule has 152 valence electrons. The van der Waals surface area contributed by atoms with E-state index in [4.69, 9.17) is 11.0 Å². The number of benzene rings is 1. The van der Waals surface area contributed by atoms with Crippen LogP contribution in [-0.4, -0.2) is 20.7 Å². The van der Waals surface area contributed by atoms with Gasteiger partial charge in [0.1, 0.15) is 23.5 Å². The van der Waals surface area contributed by atoms with Crippen molar-refractivity contribution < 1.29 is 13.6 Å². The highest BCUT2D eigenvalue weighted by Crippen LogP contribution is 2.66. The van der Waals surface area contributed by atoms with Crippen LogP contribution >= 0.6 is 11.8 Å². The Balaban J connectivity index is 1.73. The van der Waals surface area contributed by atoms with Crippen molar-refractivity contribution in [1.82, 2.24) is 4.98 Å². The number of nitriles is 1. The Kier molecular flexibility index (Phi) is 4.74. The molecule has 3 atom stereocenters. The molecule has 1 fully saturated rings. The first-order chi connectivity index (χ1) is 14.2. The van der Waals surface area contributed by atoms with E-state index in [1.165, 1.54) is 61.3 Å². The smallest absolute Gasteiger partial charge is 0.155 e. The highest BCUT2D eigenvalue weighted by molar-refractivity contribution is 8.15. The zero-order valence-corrected chi connectivity index (χ0v) is 17.1. The quantitative estimate of drug-likeness (QED) is 0.795. The van der Waals surface area contributed by atoms with Crippen LogP contribution in [0.5, 0.6) is 0 Å². The van der Waals surface area contributed by atoms with Gasteiger partial charge in [0, 0.05) is 17.7 Å². The molecular weight excluding hydrogens is 406 g/mol. The minimum Gasteiger partial charge on any atom is -0.378 e. The average Bonchev–Trinajstić information content (AvgIpc) is 3.46. The fourth-order valence-electron chi connectivity index (χ4n) is 4.08. The van der Waals surface area contributed by atoms with Gasteiger partial charge in [-0.1, -0.05) is 17.8 Å². The largest absolute Gasteiger partial charge is 0.378 e. The predicted molar refractivity (Wildman–Crippen MR) is 112 cm³/mol. The molecular formula is C22H18F2N4OS. The highest BCUT2D eigenvalue weighted by atomic mass is 32.2. The molecule has 2 aliphatic rings. The molecule has 2 aromatic rings. The molecule has 30 heavy (non-hydrogen) atoms. The van der Waals surface area contributed by atoms with E-state index in [9.17, 15) is 13.6 Å². The molecule has 0 bridgehead atoms. The first kappa shape index (κ1) is 20.2. The van der Waals surface area contributed by atoms with Crippen molar-refractivity contribution in [3.8, 4) is 6.07 Å². The second-order valence-corrected chi connectivity index (χ2v) is 9.03. The lowest BCUT2D eigenvalue weighted by Crippen LogP contribution is -2.38. The molecule has 1 aliphatic carbocycles. The van der Waals surface area contributed by atoms with E-state index in [2.05, 4.69) is 9.98 Å². The van der Waals surface area contributed by atoms with Crippen LogP contribution in [-0.2, 0) is 10.3 Å². The summed E-state index contributed by atoms with van der Waals surface area (Å²) in [6.45, 7) is 3.28. The van der Waals surface area contributed by atoms with Crippen LogP contribution in [0.1, 0.15) is 42.7 Å². The summed E-state index contributed by atoms with van der Waals surface area (Å²) in [5.74, 6) is -1.29.